The van der Waals surface area contributed by atoms with Gasteiger partial charge in [-0.05, 0) is 24.6 Å². The second-order valence-electron chi connectivity index (χ2n) is 4.89. The Labute approximate surface area is 134 Å². The van der Waals surface area contributed by atoms with E-state index < -0.39 is 0 Å². The summed E-state index contributed by atoms with van der Waals surface area (Å²) in [5.74, 6) is 0.420. The number of nitrogens with zero attached hydrogens (tertiary/aromatic N) is 1. The molecule has 0 amide bonds. The number of hydrogen-bond acceptors (Lipinski definition) is 3. The fraction of sp³-hybridized carbons (Fsp3) is 0.400. The topological polar surface area (TPSA) is 24.9 Å². The summed E-state index contributed by atoms with van der Waals surface area (Å²) in [6.45, 7) is 7.17. The van der Waals surface area contributed by atoms with Crippen LogP contribution in [0.4, 0.5) is 0 Å². The van der Waals surface area contributed by atoms with E-state index in [0.717, 1.165) is 22.8 Å². The molecule has 20 heavy (non-hydrogen) atoms. The molecule has 0 radical (unpaired) electrons. The summed E-state index contributed by atoms with van der Waals surface area (Å²) >= 11 is 14.3. The molecule has 2 aromatic rings. The van der Waals surface area contributed by atoms with Crippen LogP contribution in [0.2, 0.25) is 10.0 Å². The van der Waals surface area contributed by atoms with E-state index in [1.807, 2.05) is 18.2 Å². The zero-order valence-electron chi connectivity index (χ0n) is 11.8. The summed E-state index contributed by atoms with van der Waals surface area (Å²) in [6.07, 6.45) is 0. The third kappa shape index (κ3) is 3.34. The van der Waals surface area contributed by atoms with E-state index in [-0.39, 0.29) is 6.04 Å². The molecule has 0 fully saturated rings. The highest BCUT2D eigenvalue weighted by Gasteiger charge is 2.22. The quantitative estimate of drug-likeness (QED) is 0.808. The predicted molar refractivity (Wildman–Crippen MR) is 88.2 cm³/mol. The van der Waals surface area contributed by atoms with E-state index in [2.05, 4.69) is 31.5 Å². The van der Waals surface area contributed by atoms with Crippen LogP contribution in [0, 0.1) is 0 Å². The van der Waals surface area contributed by atoms with Gasteiger partial charge in [0.15, 0.2) is 0 Å². The molecule has 0 saturated heterocycles. The van der Waals surface area contributed by atoms with Gasteiger partial charge >= 0.3 is 0 Å². The van der Waals surface area contributed by atoms with Crippen molar-refractivity contribution >= 4 is 34.5 Å². The van der Waals surface area contributed by atoms with Crippen LogP contribution >= 0.6 is 34.5 Å². The first-order chi connectivity index (χ1) is 9.54. The monoisotopic (exact) mass is 328 g/mol. The van der Waals surface area contributed by atoms with Gasteiger partial charge in [-0.3, -0.25) is 0 Å². The minimum Gasteiger partial charge on any atom is -0.304 e. The van der Waals surface area contributed by atoms with Crippen LogP contribution in [0.15, 0.2) is 23.6 Å². The molecule has 0 spiro atoms. The maximum absolute atomic E-state index is 6.33. The highest BCUT2D eigenvalue weighted by Crippen LogP contribution is 2.35. The molecule has 1 aromatic carbocycles. The van der Waals surface area contributed by atoms with Gasteiger partial charge in [-0.15, -0.1) is 11.3 Å². The minimum atomic E-state index is -0.0568. The van der Waals surface area contributed by atoms with Crippen molar-refractivity contribution in [2.45, 2.75) is 32.7 Å². The van der Waals surface area contributed by atoms with Crippen LogP contribution in [-0.4, -0.2) is 11.5 Å². The SMILES string of the molecule is CCNC(c1nc(C(C)C)cs1)c1c(Cl)cccc1Cl. The van der Waals surface area contributed by atoms with Gasteiger partial charge < -0.3 is 5.32 Å². The molecular weight excluding hydrogens is 311 g/mol. The van der Waals surface area contributed by atoms with Crippen molar-refractivity contribution < 1.29 is 0 Å². The predicted octanol–water partition coefficient (Wildman–Crippen LogP) is 5.27. The molecule has 2 rings (SSSR count). The zero-order chi connectivity index (χ0) is 14.7. The lowest BCUT2D eigenvalue weighted by Crippen LogP contribution is -2.22. The molecule has 0 aliphatic heterocycles. The molecule has 1 N–H and O–H groups in total. The largest absolute Gasteiger partial charge is 0.304 e. The minimum absolute atomic E-state index is 0.0568. The van der Waals surface area contributed by atoms with Gasteiger partial charge in [0.1, 0.15) is 5.01 Å². The maximum atomic E-state index is 6.33. The number of aromatic nitrogens is 1. The second-order valence-corrected chi connectivity index (χ2v) is 6.60. The first-order valence-corrected chi connectivity index (χ1v) is 8.30. The van der Waals surface area contributed by atoms with Gasteiger partial charge in [0.25, 0.3) is 0 Å². The zero-order valence-corrected chi connectivity index (χ0v) is 14.1. The molecule has 0 saturated carbocycles. The van der Waals surface area contributed by atoms with Crippen molar-refractivity contribution in [1.29, 1.82) is 0 Å². The molecule has 1 heterocycles. The molecule has 0 aliphatic carbocycles. The van der Waals surface area contributed by atoms with Crippen molar-refractivity contribution in [2.75, 3.05) is 6.54 Å². The van der Waals surface area contributed by atoms with Gasteiger partial charge in [0.2, 0.25) is 0 Å². The second kappa shape index (κ2) is 6.90. The van der Waals surface area contributed by atoms with Gasteiger partial charge in [-0.1, -0.05) is 50.0 Å². The Morgan fingerprint density at radius 2 is 1.90 bits per heavy atom. The summed E-state index contributed by atoms with van der Waals surface area (Å²) < 4.78 is 0. The van der Waals surface area contributed by atoms with Crippen LogP contribution in [0.1, 0.15) is 49.0 Å². The number of halogens is 2. The van der Waals surface area contributed by atoms with Gasteiger partial charge in [0, 0.05) is 21.0 Å². The molecule has 1 atom stereocenters. The number of nitrogens with one attached hydrogen (secondary N) is 1. The lowest BCUT2D eigenvalue weighted by molar-refractivity contribution is 0.623. The Morgan fingerprint density at radius 1 is 1.25 bits per heavy atom. The van der Waals surface area contributed by atoms with Crippen molar-refractivity contribution in [3.05, 3.63) is 49.9 Å². The first kappa shape index (κ1) is 15.8. The molecule has 2 nitrogen and oxygen atoms in total. The van der Waals surface area contributed by atoms with Crippen molar-refractivity contribution in [3.63, 3.8) is 0 Å². The number of thiazole rings is 1. The van der Waals surface area contributed by atoms with Crippen LogP contribution in [-0.2, 0) is 0 Å². The highest BCUT2D eigenvalue weighted by atomic mass is 35.5. The Bertz CT molecular complexity index is 561. The molecule has 1 unspecified atom stereocenters. The summed E-state index contributed by atoms with van der Waals surface area (Å²) in [5, 5.41) is 7.88. The number of rotatable bonds is 5. The van der Waals surface area contributed by atoms with Crippen LogP contribution < -0.4 is 5.32 Å². The smallest absolute Gasteiger partial charge is 0.115 e. The molecule has 1 aromatic heterocycles. The Morgan fingerprint density at radius 3 is 2.40 bits per heavy atom. The highest BCUT2D eigenvalue weighted by molar-refractivity contribution is 7.09. The standard InChI is InChI=1S/C15H18Cl2N2S/c1-4-18-14(13-10(16)6-5-7-11(13)17)15-19-12(8-20-15)9(2)3/h5-9,14,18H,4H2,1-3H3. The van der Waals surface area contributed by atoms with Crippen LogP contribution in [0.3, 0.4) is 0 Å². The van der Waals surface area contributed by atoms with Crippen LogP contribution in [0.25, 0.3) is 0 Å². The fourth-order valence-corrected chi connectivity index (χ4v) is 3.68. The van der Waals surface area contributed by atoms with Gasteiger partial charge in [-0.2, -0.15) is 0 Å². The molecular formula is C15H18Cl2N2S. The lowest BCUT2D eigenvalue weighted by Gasteiger charge is -2.18. The normalized spacial score (nSPS) is 12.9. The average molecular weight is 329 g/mol. The van der Waals surface area contributed by atoms with E-state index in [1.165, 1.54) is 0 Å². The number of benzene rings is 1. The fourth-order valence-electron chi connectivity index (χ4n) is 2.00. The molecule has 108 valence electrons. The third-order valence-electron chi connectivity index (χ3n) is 3.07. The maximum Gasteiger partial charge on any atom is 0.115 e. The van der Waals surface area contributed by atoms with Crippen molar-refractivity contribution in [2.24, 2.45) is 0 Å². The Kier molecular flexibility index (Phi) is 5.44. The Hall–Kier alpha value is -0.610. The summed E-state index contributed by atoms with van der Waals surface area (Å²) in [7, 11) is 0. The van der Waals surface area contributed by atoms with E-state index in [0.29, 0.717) is 16.0 Å². The third-order valence-corrected chi connectivity index (χ3v) is 4.66. The van der Waals surface area contributed by atoms with Crippen molar-refractivity contribution in [3.8, 4) is 0 Å². The summed E-state index contributed by atoms with van der Waals surface area (Å²) in [4.78, 5) is 4.73. The Balaban J connectivity index is 2.45. The summed E-state index contributed by atoms with van der Waals surface area (Å²) in [6, 6.07) is 5.53. The average Bonchev–Trinajstić information content (AvgIpc) is 2.87. The number of hydrogen-bond donors (Lipinski definition) is 1. The van der Waals surface area contributed by atoms with E-state index in [4.69, 9.17) is 28.2 Å². The summed E-state index contributed by atoms with van der Waals surface area (Å²) in [5.41, 5.74) is 2.01. The molecule has 0 bridgehead atoms. The van der Waals surface area contributed by atoms with E-state index in [9.17, 15) is 0 Å². The van der Waals surface area contributed by atoms with E-state index in [1.54, 1.807) is 11.3 Å². The van der Waals surface area contributed by atoms with Gasteiger partial charge in [-0.25, -0.2) is 4.98 Å². The lowest BCUT2D eigenvalue weighted by atomic mass is 10.1. The van der Waals surface area contributed by atoms with Gasteiger partial charge in [0.05, 0.1) is 11.7 Å². The van der Waals surface area contributed by atoms with Crippen molar-refractivity contribution in [1.82, 2.24) is 10.3 Å². The molecule has 5 heteroatoms. The first-order valence-electron chi connectivity index (χ1n) is 6.67. The van der Waals surface area contributed by atoms with E-state index >= 15 is 0 Å². The van der Waals surface area contributed by atoms with Crippen LogP contribution in [0.5, 0.6) is 0 Å². The molecule has 0 aliphatic rings.